The van der Waals surface area contributed by atoms with Crippen LogP contribution in [0.25, 0.3) is 0 Å². The van der Waals surface area contributed by atoms with E-state index in [2.05, 4.69) is 4.72 Å². The normalized spacial score (nSPS) is 11.3. The van der Waals surface area contributed by atoms with Crippen molar-refractivity contribution in [2.45, 2.75) is 25.7 Å². The van der Waals surface area contributed by atoms with Crippen LogP contribution in [0.15, 0.2) is 41.3 Å². The van der Waals surface area contributed by atoms with Crippen LogP contribution < -0.4 is 10.5 Å². The number of nitrogens with one attached hydrogen (secondary N) is 1. The number of sulfonamides is 1. The molecule has 0 bridgehead atoms. The Bertz CT molecular complexity index is 735. The molecule has 5 heteroatoms. The molecule has 0 aliphatic heterocycles. The molecule has 20 heavy (non-hydrogen) atoms. The molecule has 0 fully saturated rings. The fourth-order valence-corrected chi connectivity index (χ4v) is 2.93. The van der Waals surface area contributed by atoms with Crippen molar-refractivity contribution in [1.29, 1.82) is 0 Å². The van der Waals surface area contributed by atoms with Gasteiger partial charge in [0.25, 0.3) is 10.0 Å². The summed E-state index contributed by atoms with van der Waals surface area (Å²) in [7, 11) is -3.61. The molecular weight excluding hydrogens is 272 g/mol. The highest BCUT2D eigenvalue weighted by Crippen LogP contribution is 2.25. The first-order chi connectivity index (χ1) is 9.29. The average Bonchev–Trinajstić information content (AvgIpc) is 2.36. The zero-order chi connectivity index (χ0) is 14.9. The third-order valence-corrected chi connectivity index (χ3v) is 4.62. The molecule has 0 heterocycles. The van der Waals surface area contributed by atoms with Crippen molar-refractivity contribution in [2.24, 2.45) is 0 Å². The number of rotatable bonds is 3. The van der Waals surface area contributed by atoms with E-state index < -0.39 is 10.0 Å². The highest BCUT2D eigenvalue weighted by atomic mass is 32.2. The summed E-state index contributed by atoms with van der Waals surface area (Å²) in [6.45, 7) is 5.76. The monoisotopic (exact) mass is 290 g/mol. The predicted molar refractivity (Wildman–Crippen MR) is 82.3 cm³/mol. The second-order valence-corrected chi connectivity index (χ2v) is 6.62. The minimum Gasteiger partial charge on any atom is -0.397 e. The van der Waals surface area contributed by atoms with E-state index in [1.54, 1.807) is 36.4 Å². The summed E-state index contributed by atoms with van der Waals surface area (Å²) in [5, 5.41) is 0. The van der Waals surface area contributed by atoms with Crippen LogP contribution in [0.3, 0.4) is 0 Å². The largest absolute Gasteiger partial charge is 0.397 e. The van der Waals surface area contributed by atoms with Crippen molar-refractivity contribution >= 4 is 21.4 Å². The lowest BCUT2D eigenvalue weighted by atomic mass is 10.1. The maximum atomic E-state index is 12.3. The molecule has 0 amide bonds. The lowest BCUT2D eigenvalue weighted by Gasteiger charge is -2.12. The van der Waals surface area contributed by atoms with E-state index in [1.807, 2.05) is 20.8 Å². The topological polar surface area (TPSA) is 72.2 Å². The van der Waals surface area contributed by atoms with Gasteiger partial charge >= 0.3 is 0 Å². The van der Waals surface area contributed by atoms with E-state index in [0.29, 0.717) is 11.4 Å². The zero-order valence-corrected chi connectivity index (χ0v) is 12.6. The number of nitrogen functional groups attached to an aromatic ring is 1. The van der Waals surface area contributed by atoms with Gasteiger partial charge in [-0.3, -0.25) is 4.72 Å². The Morgan fingerprint density at radius 3 is 2.10 bits per heavy atom. The van der Waals surface area contributed by atoms with Crippen LogP contribution in [-0.4, -0.2) is 8.42 Å². The zero-order valence-electron chi connectivity index (χ0n) is 11.8. The molecule has 0 saturated carbocycles. The third kappa shape index (κ3) is 2.93. The van der Waals surface area contributed by atoms with E-state index in [-0.39, 0.29) is 4.90 Å². The maximum Gasteiger partial charge on any atom is 0.261 e. The molecule has 4 nitrogen and oxygen atoms in total. The Morgan fingerprint density at radius 2 is 1.50 bits per heavy atom. The number of anilines is 2. The molecule has 2 aromatic carbocycles. The molecule has 0 aliphatic carbocycles. The van der Waals surface area contributed by atoms with Gasteiger partial charge in [-0.1, -0.05) is 17.7 Å². The lowest BCUT2D eigenvalue weighted by Crippen LogP contribution is -2.14. The van der Waals surface area contributed by atoms with Gasteiger partial charge < -0.3 is 5.73 Å². The summed E-state index contributed by atoms with van der Waals surface area (Å²) in [6.07, 6.45) is 0. The molecule has 0 spiro atoms. The summed E-state index contributed by atoms with van der Waals surface area (Å²) in [5.41, 5.74) is 9.73. The van der Waals surface area contributed by atoms with Crippen LogP contribution in [0.4, 0.5) is 11.4 Å². The Kier molecular flexibility index (Phi) is 3.72. The molecule has 0 aliphatic rings. The highest BCUT2D eigenvalue weighted by molar-refractivity contribution is 7.92. The maximum absolute atomic E-state index is 12.3. The molecule has 2 aromatic rings. The first-order valence-corrected chi connectivity index (χ1v) is 7.74. The van der Waals surface area contributed by atoms with Crippen molar-refractivity contribution in [1.82, 2.24) is 0 Å². The van der Waals surface area contributed by atoms with Gasteiger partial charge in [0.15, 0.2) is 0 Å². The molecule has 0 atom stereocenters. The second-order valence-electron chi connectivity index (χ2n) is 4.94. The molecule has 2 rings (SSSR count). The number of benzene rings is 2. The first kappa shape index (κ1) is 14.4. The van der Waals surface area contributed by atoms with E-state index >= 15 is 0 Å². The van der Waals surface area contributed by atoms with Crippen molar-refractivity contribution in [3.63, 3.8) is 0 Å². The van der Waals surface area contributed by atoms with E-state index in [1.165, 1.54) is 0 Å². The van der Waals surface area contributed by atoms with E-state index in [9.17, 15) is 8.42 Å². The average molecular weight is 290 g/mol. The van der Waals surface area contributed by atoms with Crippen LogP contribution in [0.1, 0.15) is 16.7 Å². The summed E-state index contributed by atoms with van der Waals surface area (Å²) >= 11 is 0. The Hall–Kier alpha value is -2.01. The van der Waals surface area contributed by atoms with Gasteiger partial charge in [0.1, 0.15) is 0 Å². The number of nitrogens with two attached hydrogens (primary N) is 1. The third-order valence-electron chi connectivity index (χ3n) is 3.24. The van der Waals surface area contributed by atoms with E-state index in [0.717, 1.165) is 16.7 Å². The number of aryl methyl sites for hydroxylation is 3. The summed E-state index contributed by atoms with van der Waals surface area (Å²) in [4.78, 5) is 0.223. The summed E-state index contributed by atoms with van der Waals surface area (Å²) in [5.74, 6) is 0. The van der Waals surface area contributed by atoms with Gasteiger partial charge in [0.2, 0.25) is 0 Å². The van der Waals surface area contributed by atoms with Crippen LogP contribution in [-0.2, 0) is 10.0 Å². The van der Waals surface area contributed by atoms with Gasteiger partial charge in [-0.25, -0.2) is 8.42 Å². The number of hydrogen-bond acceptors (Lipinski definition) is 3. The van der Waals surface area contributed by atoms with Gasteiger partial charge in [0.05, 0.1) is 16.3 Å². The molecule has 0 saturated heterocycles. The minimum absolute atomic E-state index is 0.223. The lowest BCUT2D eigenvalue weighted by molar-refractivity contribution is 0.601. The molecular formula is C15H18N2O2S. The summed E-state index contributed by atoms with van der Waals surface area (Å²) in [6, 6.07) is 10.2. The van der Waals surface area contributed by atoms with Gasteiger partial charge in [0, 0.05) is 0 Å². The first-order valence-electron chi connectivity index (χ1n) is 6.26. The Balaban J connectivity index is 2.38. The second kappa shape index (κ2) is 5.17. The Morgan fingerprint density at radius 1 is 0.950 bits per heavy atom. The summed E-state index contributed by atoms with van der Waals surface area (Å²) < 4.78 is 27.1. The SMILES string of the molecule is Cc1ccc(S(=O)(=O)Nc2cc(C)c(C)cc2N)cc1. The van der Waals surface area contributed by atoms with Crippen LogP contribution >= 0.6 is 0 Å². The van der Waals surface area contributed by atoms with Crippen LogP contribution in [0.2, 0.25) is 0 Å². The fraction of sp³-hybridized carbons (Fsp3) is 0.200. The Labute approximate surface area is 119 Å². The van der Waals surface area contributed by atoms with Crippen LogP contribution in [0.5, 0.6) is 0 Å². The molecule has 0 radical (unpaired) electrons. The van der Waals surface area contributed by atoms with Crippen molar-refractivity contribution in [3.05, 3.63) is 53.1 Å². The van der Waals surface area contributed by atoms with Gasteiger partial charge in [-0.15, -0.1) is 0 Å². The fourth-order valence-electron chi connectivity index (χ4n) is 1.85. The van der Waals surface area contributed by atoms with Gasteiger partial charge in [-0.2, -0.15) is 0 Å². The van der Waals surface area contributed by atoms with Crippen molar-refractivity contribution in [2.75, 3.05) is 10.5 Å². The molecule has 0 aromatic heterocycles. The van der Waals surface area contributed by atoms with Crippen LogP contribution in [0, 0.1) is 20.8 Å². The number of hydrogen-bond donors (Lipinski definition) is 2. The van der Waals surface area contributed by atoms with E-state index in [4.69, 9.17) is 5.73 Å². The molecule has 106 valence electrons. The quantitative estimate of drug-likeness (QED) is 0.854. The van der Waals surface area contributed by atoms with Gasteiger partial charge in [-0.05, 0) is 56.2 Å². The highest BCUT2D eigenvalue weighted by Gasteiger charge is 2.15. The standard InChI is InChI=1S/C15H18N2O2S/c1-10-4-6-13(7-5-10)20(18,19)17-15-9-12(3)11(2)8-14(15)16/h4-9,17H,16H2,1-3H3. The molecule has 3 N–H and O–H groups in total. The minimum atomic E-state index is -3.61. The predicted octanol–water partition coefficient (Wildman–Crippen LogP) is 2.99. The van der Waals surface area contributed by atoms with Crippen molar-refractivity contribution in [3.8, 4) is 0 Å². The van der Waals surface area contributed by atoms with Crippen molar-refractivity contribution < 1.29 is 8.42 Å². The smallest absolute Gasteiger partial charge is 0.261 e. The molecule has 0 unspecified atom stereocenters.